The van der Waals surface area contributed by atoms with Gasteiger partial charge in [-0.05, 0) is 17.5 Å². The van der Waals surface area contributed by atoms with E-state index in [0.29, 0.717) is 19.6 Å². The van der Waals surface area contributed by atoms with Crippen molar-refractivity contribution in [2.75, 3.05) is 13.2 Å². The van der Waals surface area contributed by atoms with Crippen molar-refractivity contribution in [3.63, 3.8) is 0 Å². The number of ether oxygens (including phenoxy) is 1. The minimum Gasteiger partial charge on any atom is -0.393 e. The smallest absolute Gasteiger partial charge is 0.0716 e. The molecule has 5 nitrogen and oxygen atoms in total. The fraction of sp³-hybridized carbons (Fsp3) is 0.455. The molecule has 1 aromatic rings. The Bertz CT molecular complexity index is 336. The summed E-state index contributed by atoms with van der Waals surface area (Å²) in [6.07, 6.45) is -0.141. The van der Waals surface area contributed by atoms with Crippen LogP contribution in [0.25, 0.3) is 10.4 Å². The number of benzene rings is 1. The molecule has 86 valence electrons. The van der Waals surface area contributed by atoms with Crippen LogP contribution in [-0.4, -0.2) is 24.4 Å². The van der Waals surface area contributed by atoms with Crippen molar-refractivity contribution in [3.05, 3.63) is 46.3 Å². The topological polar surface area (TPSA) is 78.2 Å². The zero-order chi connectivity index (χ0) is 11.6. The van der Waals surface area contributed by atoms with Crippen LogP contribution in [0.15, 0.2) is 35.4 Å². The van der Waals surface area contributed by atoms with E-state index in [4.69, 9.17) is 10.3 Å². The summed E-state index contributed by atoms with van der Waals surface area (Å²) in [6.45, 7) is 1.09. The fourth-order valence-electron chi connectivity index (χ4n) is 1.21. The zero-order valence-corrected chi connectivity index (χ0v) is 8.99. The van der Waals surface area contributed by atoms with E-state index in [1.807, 2.05) is 30.3 Å². The molecular formula is C11H15N3O2. The molecule has 1 atom stereocenters. The predicted molar refractivity (Wildman–Crippen MR) is 60.7 cm³/mol. The minimum absolute atomic E-state index is 0.102. The average molecular weight is 221 g/mol. The lowest BCUT2D eigenvalue weighted by Gasteiger charge is -2.07. The van der Waals surface area contributed by atoms with Crippen LogP contribution in [0.5, 0.6) is 0 Å². The van der Waals surface area contributed by atoms with Crippen LogP contribution >= 0.6 is 0 Å². The predicted octanol–water partition coefficient (Wildman–Crippen LogP) is 2.26. The second kappa shape index (κ2) is 7.70. The summed E-state index contributed by atoms with van der Waals surface area (Å²) in [5, 5.41) is 12.6. The summed E-state index contributed by atoms with van der Waals surface area (Å²) < 4.78 is 5.38. The molecule has 5 heteroatoms. The normalized spacial score (nSPS) is 11.8. The molecular weight excluding hydrogens is 206 g/mol. The molecule has 0 spiro atoms. The second-order valence-corrected chi connectivity index (χ2v) is 3.39. The minimum atomic E-state index is -0.619. The number of azide groups is 1. The first kappa shape index (κ1) is 12.5. The lowest BCUT2D eigenvalue weighted by molar-refractivity contribution is 0.0766. The van der Waals surface area contributed by atoms with Crippen molar-refractivity contribution < 1.29 is 9.84 Å². The van der Waals surface area contributed by atoms with E-state index in [1.165, 1.54) is 0 Å². The van der Waals surface area contributed by atoms with Crippen molar-refractivity contribution in [3.8, 4) is 0 Å². The molecule has 1 rings (SSSR count). The molecule has 0 aromatic heterocycles. The van der Waals surface area contributed by atoms with Crippen LogP contribution < -0.4 is 0 Å². The number of aliphatic hydroxyl groups excluding tert-OH is 1. The third kappa shape index (κ3) is 5.36. The van der Waals surface area contributed by atoms with E-state index < -0.39 is 6.10 Å². The molecule has 0 radical (unpaired) electrons. The monoisotopic (exact) mass is 221 g/mol. The molecule has 0 saturated carbocycles. The van der Waals surface area contributed by atoms with Gasteiger partial charge in [-0.2, -0.15) is 0 Å². The van der Waals surface area contributed by atoms with Crippen molar-refractivity contribution >= 4 is 0 Å². The first-order valence-corrected chi connectivity index (χ1v) is 5.13. The number of aliphatic hydroxyl groups is 1. The SMILES string of the molecule is [N-]=[N+]=NC[C@H](O)CCOCc1ccccc1. The van der Waals surface area contributed by atoms with E-state index in [-0.39, 0.29) is 6.54 Å². The van der Waals surface area contributed by atoms with Crippen LogP contribution in [0.3, 0.4) is 0 Å². The first-order chi connectivity index (χ1) is 7.83. The van der Waals surface area contributed by atoms with Crippen molar-refractivity contribution in [2.45, 2.75) is 19.1 Å². The Labute approximate surface area is 94.3 Å². The Hall–Kier alpha value is -1.55. The third-order valence-corrected chi connectivity index (χ3v) is 2.06. The number of hydrogen-bond donors (Lipinski definition) is 1. The molecule has 16 heavy (non-hydrogen) atoms. The largest absolute Gasteiger partial charge is 0.393 e. The van der Waals surface area contributed by atoms with E-state index in [0.717, 1.165) is 5.56 Å². The van der Waals surface area contributed by atoms with E-state index in [9.17, 15) is 5.11 Å². The van der Waals surface area contributed by atoms with Gasteiger partial charge >= 0.3 is 0 Å². The van der Waals surface area contributed by atoms with Crippen molar-refractivity contribution in [2.24, 2.45) is 5.11 Å². The summed E-state index contributed by atoms with van der Waals surface area (Å²) >= 11 is 0. The average Bonchev–Trinajstić information content (AvgIpc) is 2.33. The summed E-state index contributed by atoms with van der Waals surface area (Å²) in [5.41, 5.74) is 9.16. The lowest BCUT2D eigenvalue weighted by atomic mass is 10.2. The molecule has 0 saturated heterocycles. The van der Waals surface area contributed by atoms with E-state index in [2.05, 4.69) is 10.0 Å². The second-order valence-electron chi connectivity index (χ2n) is 3.39. The molecule has 0 heterocycles. The van der Waals surface area contributed by atoms with E-state index >= 15 is 0 Å². The fourth-order valence-corrected chi connectivity index (χ4v) is 1.21. The number of rotatable bonds is 7. The molecule has 0 bridgehead atoms. The van der Waals surface area contributed by atoms with Crippen LogP contribution in [0.2, 0.25) is 0 Å². The highest BCUT2D eigenvalue weighted by atomic mass is 16.5. The summed E-state index contributed by atoms with van der Waals surface area (Å²) in [7, 11) is 0. The van der Waals surface area contributed by atoms with Crippen LogP contribution in [-0.2, 0) is 11.3 Å². The Morgan fingerprint density at radius 2 is 2.12 bits per heavy atom. The molecule has 1 aromatic carbocycles. The van der Waals surface area contributed by atoms with Gasteiger partial charge in [0.25, 0.3) is 0 Å². The Kier molecular flexibility index (Phi) is 6.03. The Morgan fingerprint density at radius 1 is 1.38 bits per heavy atom. The van der Waals surface area contributed by atoms with Crippen molar-refractivity contribution in [1.82, 2.24) is 0 Å². The van der Waals surface area contributed by atoms with Crippen LogP contribution in [0.1, 0.15) is 12.0 Å². The molecule has 0 aliphatic rings. The number of hydrogen-bond acceptors (Lipinski definition) is 3. The van der Waals surface area contributed by atoms with Gasteiger partial charge in [-0.1, -0.05) is 35.4 Å². The quantitative estimate of drug-likeness (QED) is 0.332. The molecule has 1 N–H and O–H groups in total. The van der Waals surface area contributed by atoms with Crippen LogP contribution in [0.4, 0.5) is 0 Å². The van der Waals surface area contributed by atoms with Gasteiger partial charge < -0.3 is 9.84 Å². The van der Waals surface area contributed by atoms with Gasteiger partial charge in [-0.3, -0.25) is 0 Å². The molecule has 0 amide bonds. The summed E-state index contributed by atoms with van der Waals surface area (Å²) in [5.74, 6) is 0. The van der Waals surface area contributed by atoms with Gasteiger partial charge in [0.15, 0.2) is 0 Å². The Morgan fingerprint density at radius 3 is 2.81 bits per heavy atom. The van der Waals surface area contributed by atoms with Gasteiger partial charge in [0, 0.05) is 11.5 Å². The summed E-state index contributed by atoms with van der Waals surface area (Å²) in [4.78, 5) is 2.58. The van der Waals surface area contributed by atoms with E-state index in [1.54, 1.807) is 0 Å². The molecule has 0 aliphatic carbocycles. The number of nitrogens with zero attached hydrogens (tertiary/aromatic N) is 3. The first-order valence-electron chi connectivity index (χ1n) is 5.13. The highest BCUT2D eigenvalue weighted by molar-refractivity contribution is 5.13. The maximum Gasteiger partial charge on any atom is 0.0716 e. The van der Waals surface area contributed by atoms with Gasteiger partial charge in [-0.15, -0.1) is 0 Å². The van der Waals surface area contributed by atoms with Crippen LogP contribution in [0, 0.1) is 0 Å². The standard InChI is InChI=1S/C11H15N3O2/c12-14-13-8-11(15)6-7-16-9-10-4-2-1-3-5-10/h1-5,11,15H,6-9H2/t11-/m1/s1. The van der Waals surface area contributed by atoms with Gasteiger partial charge in [0.1, 0.15) is 0 Å². The van der Waals surface area contributed by atoms with Gasteiger partial charge in [0.05, 0.1) is 19.3 Å². The highest BCUT2D eigenvalue weighted by Gasteiger charge is 2.01. The molecule has 0 fully saturated rings. The zero-order valence-electron chi connectivity index (χ0n) is 8.99. The highest BCUT2D eigenvalue weighted by Crippen LogP contribution is 2.01. The molecule has 0 aliphatic heterocycles. The lowest BCUT2D eigenvalue weighted by Crippen LogP contribution is -2.13. The van der Waals surface area contributed by atoms with Gasteiger partial charge in [-0.25, -0.2) is 0 Å². The Balaban J connectivity index is 2.10. The third-order valence-electron chi connectivity index (χ3n) is 2.06. The molecule has 0 unspecified atom stereocenters. The van der Waals surface area contributed by atoms with Crippen molar-refractivity contribution in [1.29, 1.82) is 0 Å². The maximum atomic E-state index is 9.33. The van der Waals surface area contributed by atoms with Gasteiger partial charge in [0.2, 0.25) is 0 Å². The maximum absolute atomic E-state index is 9.33. The summed E-state index contributed by atoms with van der Waals surface area (Å²) in [6, 6.07) is 9.82.